The minimum absolute atomic E-state index is 0.392. The number of hydrogen-bond donors (Lipinski definition) is 2. The molecule has 0 amide bonds. The van der Waals surface area contributed by atoms with Gasteiger partial charge >= 0.3 is 0 Å². The SMILES string of the molecule is CC1(CNc2nc(Cl)cs2)CCNCC1. The Morgan fingerprint density at radius 1 is 1.60 bits per heavy atom. The van der Waals surface area contributed by atoms with Crippen LogP contribution < -0.4 is 10.6 Å². The van der Waals surface area contributed by atoms with E-state index >= 15 is 0 Å². The average Bonchev–Trinajstić information content (AvgIpc) is 2.63. The number of aromatic nitrogens is 1. The van der Waals surface area contributed by atoms with Crippen molar-refractivity contribution in [2.75, 3.05) is 25.0 Å². The molecule has 2 N–H and O–H groups in total. The van der Waals surface area contributed by atoms with Crippen LogP contribution in [0.4, 0.5) is 5.13 Å². The van der Waals surface area contributed by atoms with Crippen LogP contribution in [0.25, 0.3) is 0 Å². The smallest absolute Gasteiger partial charge is 0.184 e. The first-order valence-corrected chi connectivity index (χ1v) is 6.49. The fourth-order valence-corrected chi connectivity index (χ4v) is 2.67. The third-order valence-corrected chi connectivity index (χ3v) is 4.08. The number of nitrogens with one attached hydrogen (secondary N) is 2. The molecule has 0 bridgehead atoms. The first-order chi connectivity index (χ1) is 7.18. The summed E-state index contributed by atoms with van der Waals surface area (Å²) in [4.78, 5) is 4.18. The van der Waals surface area contributed by atoms with E-state index in [1.165, 1.54) is 12.8 Å². The van der Waals surface area contributed by atoms with Crippen LogP contribution in [0, 0.1) is 5.41 Å². The Bertz CT molecular complexity index is 320. The number of hydrogen-bond acceptors (Lipinski definition) is 4. The number of anilines is 1. The van der Waals surface area contributed by atoms with Crippen LogP contribution in [-0.2, 0) is 0 Å². The Morgan fingerprint density at radius 2 is 2.33 bits per heavy atom. The maximum atomic E-state index is 5.77. The predicted molar refractivity (Wildman–Crippen MR) is 65.8 cm³/mol. The van der Waals surface area contributed by atoms with Gasteiger partial charge in [-0.1, -0.05) is 18.5 Å². The Kier molecular flexibility index (Phi) is 3.49. The summed E-state index contributed by atoms with van der Waals surface area (Å²) in [5.74, 6) is 0. The molecule has 5 heteroatoms. The first-order valence-electron chi connectivity index (χ1n) is 5.24. The van der Waals surface area contributed by atoms with Gasteiger partial charge in [0.25, 0.3) is 0 Å². The molecule has 84 valence electrons. The Labute approximate surface area is 99.2 Å². The first kappa shape index (κ1) is 11.2. The van der Waals surface area contributed by atoms with Crippen molar-refractivity contribution in [3.63, 3.8) is 0 Å². The summed E-state index contributed by atoms with van der Waals surface area (Å²) < 4.78 is 0. The lowest BCUT2D eigenvalue weighted by molar-refractivity contribution is 0.247. The molecule has 0 aromatic carbocycles. The third kappa shape index (κ3) is 3.06. The molecular formula is C10H16ClN3S. The molecule has 0 saturated carbocycles. The number of halogens is 1. The third-order valence-electron chi connectivity index (χ3n) is 2.95. The molecular weight excluding hydrogens is 230 g/mol. The summed E-state index contributed by atoms with van der Waals surface area (Å²) in [6, 6.07) is 0. The van der Waals surface area contributed by atoms with E-state index in [1.54, 1.807) is 11.3 Å². The molecule has 0 atom stereocenters. The molecule has 1 saturated heterocycles. The second-order valence-electron chi connectivity index (χ2n) is 4.39. The summed E-state index contributed by atoms with van der Waals surface area (Å²) in [5, 5.41) is 10.1. The maximum absolute atomic E-state index is 5.77. The van der Waals surface area contributed by atoms with Crippen molar-refractivity contribution < 1.29 is 0 Å². The highest BCUT2D eigenvalue weighted by atomic mass is 35.5. The van der Waals surface area contributed by atoms with Crippen LogP contribution in [0.15, 0.2) is 5.38 Å². The van der Waals surface area contributed by atoms with Crippen molar-refractivity contribution in [3.05, 3.63) is 10.5 Å². The Hall–Kier alpha value is -0.320. The van der Waals surface area contributed by atoms with Crippen molar-refractivity contribution in [1.29, 1.82) is 0 Å². The summed E-state index contributed by atoms with van der Waals surface area (Å²) in [5.41, 5.74) is 0.392. The van der Waals surface area contributed by atoms with Gasteiger partial charge in [-0.05, 0) is 31.3 Å². The van der Waals surface area contributed by atoms with E-state index < -0.39 is 0 Å². The second kappa shape index (κ2) is 4.68. The molecule has 1 aliphatic rings. The zero-order valence-electron chi connectivity index (χ0n) is 8.85. The van der Waals surface area contributed by atoms with Gasteiger partial charge in [0.1, 0.15) is 5.15 Å². The van der Waals surface area contributed by atoms with E-state index in [-0.39, 0.29) is 0 Å². The molecule has 0 unspecified atom stereocenters. The highest BCUT2D eigenvalue weighted by molar-refractivity contribution is 7.14. The van der Waals surface area contributed by atoms with Crippen molar-refractivity contribution in [3.8, 4) is 0 Å². The Balaban J connectivity index is 1.86. The summed E-state index contributed by atoms with van der Waals surface area (Å²) in [6.45, 7) is 5.56. The van der Waals surface area contributed by atoms with Crippen molar-refractivity contribution in [1.82, 2.24) is 10.3 Å². The number of thiazole rings is 1. The maximum Gasteiger partial charge on any atom is 0.184 e. The van der Waals surface area contributed by atoms with Gasteiger partial charge in [0.15, 0.2) is 5.13 Å². The fraction of sp³-hybridized carbons (Fsp3) is 0.700. The van der Waals surface area contributed by atoms with Gasteiger partial charge in [0.2, 0.25) is 0 Å². The number of nitrogens with zero attached hydrogens (tertiary/aromatic N) is 1. The van der Waals surface area contributed by atoms with Crippen molar-refractivity contribution >= 4 is 28.1 Å². The van der Waals surface area contributed by atoms with E-state index in [2.05, 4.69) is 22.5 Å². The molecule has 0 aliphatic carbocycles. The molecule has 15 heavy (non-hydrogen) atoms. The molecule has 1 aromatic rings. The van der Waals surface area contributed by atoms with Gasteiger partial charge in [0, 0.05) is 11.9 Å². The van der Waals surface area contributed by atoms with E-state index in [1.807, 2.05) is 5.38 Å². The van der Waals surface area contributed by atoms with Crippen LogP contribution >= 0.6 is 22.9 Å². The largest absolute Gasteiger partial charge is 0.361 e. The Morgan fingerprint density at radius 3 is 2.93 bits per heavy atom. The lowest BCUT2D eigenvalue weighted by atomic mass is 9.81. The molecule has 2 heterocycles. The molecule has 0 radical (unpaired) electrons. The lowest BCUT2D eigenvalue weighted by Gasteiger charge is -2.34. The minimum Gasteiger partial charge on any atom is -0.361 e. The molecule has 3 nitrogen and oxygen atoms in total. The highest BCUT2D eigenvalue weighted by Crippen LogP contribution is 2.29. The standard InChI is InChI=1S/C10H16ClN3S/c1-10(2-4-12-5-3-10)7-13-9-14-8(11)6-15-9/h6,12H,2-5,7H2,1H3,(H,13,14). The van der Waals surface area contributed by atoms with Gasteiger partial charge in [-0.3, -0.25) is 0 Å². The topological polar surface area (TPSA) is 37.0 Å². The van der Waals surface area contributed by atoms with E-state index in [4.69, 9.17) is 11.6 Å². The van der Waals surface area contributed by atoms with E-state index in [0.717, 1.165) is 24.8 Å². The molecule has 0 spiro atoms. The molecule has 1 aromatic heterocycles. The second-order valence-corrected chi connectivity index (χ2v) is 5.63. The fourth-order valence-electron chi connectivity index (χ4n) is 1.83. The summed E-state index contributed by atoms with van der Waals surface area (Å²) in [7, 11) is 0. The monoisotopic (exact) mass is 245 g/mol. The predicted octanol–water partition coefficient (Wildman–Crippen LogP) is 2.60. The molecule has 1 fully saturated rings. The molecule has 2 rings (SSSR count). The van der Waals surface area contributed by atoms with Crippen LogP contribution in [0.1, 0.15) is 19.8 Å². The van der Waals surface area contributed by atoms with Crippen LogP contribution in [0.5, 0.6) is 0 Å². The number of rotatable bonds is 3. The van der Waals surface area contributed by atoms with Gasteiger partial charge in [0.05, 0.1) is 0 Å². The highest BCUT2D eigenvalue weighted by Gasteiger charge is 2.26. The normalized spacial score (nSPS) is 20.1. The van der Waals surface area contributed by atoms with E-state index in [9.17, 15) is 0 Å². The van der Waals surface area contributed by atoms with Gasteiger partial charge in [-0.15, -0.1) is 11.3 Å². The van der Waals surface area contributed by atoms with Gasteiger partial charge in [-0.25, -0.2) is 4.98 Å². The number of piperidine rings is 1. The zero-order valence-corrected chi connectivity index (χ0v) is 10.4. The molecule has 1 aliphatic heterocycles. The van der Waals surface area contributed by atoms with Gasteiger partial charge in [-0.2, -0.15) is 0 Å². The van der Waals surface area contributed by atoms with Crippen molar-refractivity contribution in [2.45, 2.75) is 19.8 Å². The quantitative estimate of drug-likeness (QED) is 0.860. The summed E-state index contributed by atoms with van der Waals surface area (Å²) in [6.07, 6.45) is 2.44. The van der Waals surface area contributed by atoms with Crippen molar-refractivity contribution in [2.24, 2.45) is 5.41 Å². The van der Waals surface area contributed by atoms with Crippen LogP contribution in [-0.4, -0.2) is 24.6 Å². The van der Waals surface area contributed by atoms with Gasteiger partial charge < -0.3 is 10.6 Å². The minimum atomic E-state index is 0.392. The zero-order chi connectivity index (χ0) is 10.7. The van der Waals surface area contributed by atoms with E-state index in [0.29, 0.717) is 10.6 Å². The lowest BCUT2D eigenvalue weighted by Crippen LogP contribution is -2.39. The van der Waals surface area contributed by atoms with Crippen LogP contribution in [0.2, 0.25) is 5.15 Å². The van der Waals surface area contributed by atoms with Crippen LogP contribution in [0.3, 0.4) is 0 Å². The average molecular weight is 246 g/mol. The summed E-state index contributed by atoms with van der Waals surface area (Å²) >= 11 is 7.33.